The van der Waals surface area contributed by atoms with Crippen molar-refractivity contribution in [3.05, 3.63) is 76.5 Å². The van der Waals surface area contributed by atoms with Crippen molar-refractivity contribution in [1.29, 1.82) is 0 Å². The smallest absolute Gasteiger partial charge is 0.229 e. The number of hydrogen-bond donors (Lipinski definition) is 3. The molecule has 0 saturated carbocycles. The zero-order valence-electron chi connectivity index (χ0n) is 16.8. The second-order valence-corrected chi connectivity index (χ2v) is 7.44. The molecule has 0 spiro atoms. The van der Waals surface area contributed by atoms with Crippen LogP contribution >= 0.6 is 23.8 Å². The molecule has 2 heterocycles. The number of anilines is 1. The SMILES string of the molecule is Cc1cc(C)nc(NC(=NCCc2ccc(Cl)cc2)NC(=S)NCc2ccco2)n1. The summed E-state index contributed by atoms with van der Waals surface area (Å²) in [6, 6.07) is 13.3. The van der Waals surface area contributed by atoms with Gasteiger partial charge in [0.2, 0.25) is 11.9 Å². The molecule has 30 heavy (non-hydrogen) atoms. The first-order chi connectivity index (χ1) is 14.5. The molecular formula is C21H23ClN6OS. The monoisotopic (exact) mass is 442 g/mol. The molecule has 0 aliphatic heterocycles. The lowest BCUT2D eigenvalue weighted by Crippen LogP contribution is -2.42. The van der Waals surface area contributed by atoms with E-state index in [1.807, 2.05) is 56.3 Å². The number of hydrogen-bond acceptors (Lipinski definition) is 5. The number of rotatable bonds is 6. The number of guanidine groups is 1. The van der Waals surface area contributed by atoms with Crippen LogP contribution in [-0.2, 0) is 13.0 Å². The minimum Gasteiger partial charge on any atom is -0.467 e. The van der Waals surface area contributed by atoms with Crippen molar-refractivity contribution in [3.63, 3.8) is 0 Å². The molecule has 2 aromatic heterocycles. The summed E-state index contributed by atoms with van der Waals surface area (Å²) in [6.07, 6.45) is 2.38. The molecule has 0 atom stereocenters. The zero-order chi connectivity index (χ0) is 21.3. The maximum atomic E-state index is 5.95. The lowest BCUT2D eigenvalue weighted by molar-refractivity contribution is 0.503. The number of furan rings is 1. The number of nitrogens with zero attached hydrogens (tertiary/aromatic N) is 3. The Morgan fingerprint density at radius 3 is 2.53 bits per heavy atom. The highest BCUT2D eigenvalue weighted by Crippen LogP contribution is 2.10. The van der Waals surface area contributed by atoms with Gasteiger partial charge in [-0.2, -0.15) is 0 Å². The third-order valence-electron chi connectivity index (χ3n) is 4.03. The fourth-order valence-corrected chi connectivity index (χ4v) is 2.97. The van der Waals surface area contributed by atoms with E-state index in [1.54, 1.807) is 6.26 Å². The standard InChI is InChI=1S/C21H23ClN6OS/c1-14-12-15(2)26-20(25-14)27-19(23-10-9-16-5-7-17(22)8-6-16)28-21(30)24-13-18-4-3-11-29-18/h3-8,11-12H,9-10,13H2,1-2H3,(H3,23,24,25,26,27,28,30). The summed E-state index contributed by atoms with van der Waals surface area (Å²) in [5.74, 6) is 1.70. The topological polar surface area (TPSA) is 87.4 Å². The van der Waals surface area contributed by atoms with E-state index in [0.29, 0.717) is 35.1 Å². The molecule has 0 bridgehead atoms. The van der Waals surface area contributed by atoms with Crippen molar-refractivity contribution in [3.8, 4) is 0 Å². The van der Waals surface area contributed by atoms with Crippen molar-refractivity contribution in [2.45, 2.75) is 26.8 Å². The summed E-state index contributed by atoms with van der Waals surface area (Å²) < 4.78 is 5.31. The maximum Gasteiger partial charge on any atom is 0.229 e. The van der Waals surface area contributed by atoms with Gasteiger partial charge in [-0.25, -0.2) is 9.97 Å². The second-order valence-electron chi connectivity index (χ2n) is 6.59. The van der Waals surface area contributed by atoms with Crippen molar-refractivity contribution in [1.82, 2.24) is 20.6 Å². The molecule has 3 rings (SSSR count). The van der Waals surface area contributed by atoms with Gasteiger partial charge in [0.15, 0.2) is 5.11 Å². The molecule has 0 saturated heterocycles. The molecule has 156 valence electrons. The normalized spacial score (nSPS) is 11.2. The van der Waals surface area contributed by atoms with Crippen LogP contribution < -0.4 is 16.0 Å². The van der Waals surface area contributed by atoms with Crippen LogP contribution in [0.3, 0.4) is 0 Å². The molecule has 3 N–H and O–H groups in total. The molecule has 0 amide bonds. The fraction of sp³-hybridized carbons (Fsp3) is 0.238. The van der Waals surface area contributed by atoms with Gasteiger partial charge in [0.1, 0.15) is 5.76 Å². The molecule has 0 unspecified atom stereocenters. The molecule has 3 aromatic rings. The van der Waals surface area contributed by atoms with Gasteiger partial charge in [0.25, 0.3) is 0 Å². The molecule has 0 radical (unpaired) electrons. The van der Waals surface area contributed by atoms with E-state index in [0.717, 1.165) is 29.1 Å². The van der Waals surface area contributed by atoms with Gasteiger partial charge in [-0.15, -0.1) is 0 Å². The van der Waals surface area contributed by atoms with Gasteiger partial charge in [-0.05, 0) is 68.4 Å². The number of aromatic nitrogens is 2. The van der Waals surface area contributed by atoms with Gasteiger partial charge in [-0.1, -0.05) is 23.7 Å². The van der Waals surface area contributed by atoms with Gasteiger partial charge < -0.3 is 15.1 Å². The van der Waals surface area contributed by atoms with Crippen molar-refractivity contribution in [2.24, 2.45) is 4.99 Å². The molecule has 7 nitrogen and oxygen atoms in total. The quantitative estimate of drug-likeness (QED) is 0.302. The first-order valence-corrected chi connectivity index (χ1v) is 10.2. The van der Waals surface area contributed by atoms with Crippen LogP contribution in [0, 0.1) is 13.8 Å². The van der Waals surface area contributed by atoms with Crippen molar-refractivity contribution < 1.29 is 4.42 Å². The summed E-state index contributed by atoms with van der Waals surface area (Å²) in [5, 5.41) is 10.4. The Hall–Kier alpha value is -2.97. The number of nitrogens with one attached hydrogen (secondary N) is 3. The Bertz CT molecular complexity index is 985. The van der Waals surface area contributed by atoms with Gasteiger partial charge in [0.05, 0.1) is 12.8 Å². The Kier molecular flexibility index (Phi) is 7.75. The predicted octanol–water partition coefficient (Wildman–Crippen LogP) is 4.01. The van der Waals surface area contributed by atoms with E-state index in [9.17, 15) is 0 Å². The second kappa shape index (κ2) is 10.7. The molecule has 0 aliphatic rings. The van der Waals surface area contributed by atoms with Gasteiger partial charge in [-0.3, -0.25) is 10.3 Å². The molecule has 0 aliphatic carbocycles. The average molecular weight is 443 g/mol. The Labute approximate surface area is 186 Å². The summed E-state index contributed by atoms with van der Waals surface area (Å²) in [7, 11) is 0. The van der Waals surface area contributed by atoms with E-state index in [1.165, 1.54) is 0 Å². The van der Waals surface area contributed by atoms with Crippen LogP contribution in [0.4, 0.5) is 5.95 Å². The molecule has 0 fully saturated rings. The summed E-state index contributed by atoms with van der Waals surface area (Å²) in [4.78, 5) is 13.4. The van der Waals surface area contributed by atoms with E-state index in [-0.39, 0.29) is 0 Å². The largest absolute Gasteiger partial charge is 0.467 e. The lowest BCUT2D eigenvalue weighted by Gasteiger charge is -2.14. The Morgan fingerprint density at radius 2 is 1.87 bits per heavy atom. The molecule has 9 heteroatoms. The van der Waals surface area contributed by atoms with E-state index in [4.69, 9.17) is 28.2 Å². The number of thiocarbonyl (C=S) groups is 1. The minimum absolute atomic E-state index is 0.411. The van der Waals surface area contributed by atoms with Crippen LogP contribution in [0.5, 0.6) is 0 Å². The Balaban J connectivity index is 1.66. The highest BCUT2D eigenvalue weighted by Gasteiger charge is 2.07. The number of benzene rings is 1. The van der Waals surface area contributed by atoms with Crippen LogP contribution in [0.25, 0.3) is 0 Å². The lowest BCUT2D eigenvalue weighted by atomic mass is 10.1. The summed E-state index contributed by atoms with van der Waals surface area (Å²) in [6.45, 7) is 4.85. The van der Waals surface area contributed by atoms with E-state index in [2.05, 4.69) is 30.9 Å². The van der Waals surface area contributed by atoms with Crippen LogP contribution in [-0.4, -0.2) is 27.6 Å². The van der Waals surface area contributed by atoms with Crippen molar-refractivity contribution >= 4 is 40.8 Å². The molecular weight excluding hydrogens is 420 g/mol. The zero-order valence-corrected chi connectivity index (χ0v) is 18.3. The van der Waals surface area contributed by atoms with Crippen LogP contribution in [0.15, 0.2) is 58.1 Å². The summed E-state index contributed by atoms with van der Waals surface area (Å²) >= 11 is 11.3. The highest BCUT2D eigenvalue weighted by atomic mass is 35.5. The van der Waals surface area contributed by atoms with Crippen LogP contribution in [0.1, 0.15) is 22.7 Å². The average Bonchev–Trinajstić information content (AvgIpc) is 3.21. The number of aryl methyl sites for hydroxylation is 2. The summed E-state index contributed by atoms with van der Waals surface area (Å²) in [5.41, 5.74) is 2.87. The first-order valence-electron chi connectivity index (χ1n) is 9.43. The third kappa shape index (κ3) is 7.13. The Morgan fingerprint density at radius 1 is 1.13 bits per heavy atom. The van der Waals surface area contributed by atoms with Gasteiger partial charge in [0, 0.05) is 23.0 Å². The third-order valence-corrected chi connectivity index (χ3v) is 4.53. The minimum atomic E-state index is 0.411. The van der Waals surface area contributed by atoms with Crippen LogP contribution in [0.2, 0.25) is 5.02 Å². The van der Waals surface area contributed by atoms with E-state index < -0.39 is 0 Å². The van der Waals surface area contributed by atoms with Gasteiger partial charge >= 0.3 is 0 Å². The first kappa shape index (κ1) is 21.7. The van der Waals surface area contributed by atoms with Crippen molar-refractivity contribution in [2.75, 3.05) is 11.9 Å². The number of aliphatic imine (C=N–C) groups is 1. The fourth-order valence-electron chi connectivity index (χ4n) is 2.68. The maximum absolute atomic E-state index is 5.95. The van der Waals surface area contributed by atoms with E-state index >= 15 is 0 Å². The number of halogens is 1. The highest BCUT2D eigenvalue weighted by molar-refractivity contribution is 7.80. The predicted molar refractivity (Wildman–Crippen MR) is 124 cm³/mol. The molecule has 1 aromatic carbocycles.